The molecule has 3 rings (SSSR count). The summed E-state index contributed by atoms with van der Waals surface area (Å²) in [4.78, 5) is 17.0. The Morgan fingerprint density at radius 2 is 1.74 bits per heavy atom. The second-order valence-corrected chi connectivity index (χ2v) is 6.80. The van der Waals surface area contributed by atoms with Gasteiger partial charge in [-0.1, -0.05) is 42.1 Å². The topological polar surface area (TPSA) is 30.0 Å². The molecule has 1 aromatic heterocycles. The van der Waals surface area contributed by atoms with Gasteiger partial charge in [0.25, 0.3) is 0 Å². The maximum atomic E-state index is 12.4. The minimum Gasteiger partial charge on any atom is -0.293 e. The molecule has 2 aromatic carbocycles. The van der Waals surface area contributed by atoms with Gasteiger partial charge in [-0.2, -0.15) is 0 Å². The zero-order valence-electron chi connectivity index (χ0n) is 13.6. The normalized spacial score (nSPS) is 10.9. The van der Waals surface area contributed by atoms with Crippen LogP contribution in [0.3, 0.4) is 0 Å². The molecule has 2 nitrogen and oxygen atoms in total. The summed E-state index contributed by atoms with van der Waals surface area (Å²) in [5.74, 6) is 0.554. The molecular weight excluding hydrogens is 302 g/mol. The van der Waals surface area contributed by atoms with E-state index < -0.39 is 0 Å². The minimum absolute atomic E-state index is 0.144. The van der Waals surface area contributed by atoms with E-state index in [9.17, 15) is 4.79 Å². The molecule has 0 N–H and O–H groups in total. The molecule has 23 heavy (non-hydrogen) atoms. The fourth-order valence-corrected chi connectivity index (χ4v) is 3.40. The molecule has 0 amide bonds. The molecule has 0 spiro atoms. The number of Topliss-reactive ketones (excluding diaryl/α,β-unsaturated/α-hetero) is 1. The first-order valence-corrected chi connectivity index (χ1v) is 8.63. The Morgan fingerprint density at radius 1 is 0.957 bits per heavy atom. The van der Waals surface area contributed by atoms with Crippen LogP contribution >= 0.6 is 11.8 Å². The van der Waals surface area contributed by atoms with Crippen LogP contribution in [0.5, 0.6) is 0 Å². The van der Waals surface area contributed by atoms with Crippen molar-refractivity contribution in [2.75, 3.05) is 5.75 Å². The van der Waals surface area contributed by atoms with Crippen molar-refractivity contribution in [3.8, 4) is 0 Å². The van der Waals surface area contributed by atoms with Crippen LogP contribution in [0, 0.1) is 20.8 Å². The van der Waals surface area contributed by atoms with Gasteiger partial charge in [-0.05, 0) is 55.7 Å². The van der Waals surface area contributed by atoms with Crippen molar-refractivity contribution in [3.05, 3.63) is 70.8 Å². The van der Waals surface area contributed by atoms with Crippen molar-refractivity contribution in [1.82, 2.24) is 4.98 Å². The van der Waals surface area contributed by atoms with Crippen LogP contribution in [0.4, 0.5) is 0 Å². The van der Waals surface area contributed by atoms with E-state index in [0.717, 1.165) is 27.1 Å². The SMILES string of the molecule is Cc1ccc(C(=O)CSc2cc(C)c3ccccc3n2)cc1C. The summed E-state index contributed by atoms with van der Waals surface area (Å²) >= 11 is 1.50. The van der Waals surface area contributed by atoms with E-state index >= 15 is 0 Å². The van der Waals surface area contributed by atoms with Crippen LogP contribution in [0.2, 0.25) is 0 Å². The highest BCUT2D eigenvalue weighted by molar-refractivity contribution is 7.99. The van der Waals surface area contributed by atoms with E-state index in [1.165, 1.54) is 22.9 Å². The van der Waals surface area contributed by atoms with Gasteiger partial charge in [0.2, 0.25) is 0 Å². The van der Waals surface area contributed by atoms with Crippen molar-refractivity contribution >= 4 is 28.4 Å². The first kappa shape index (κ1) is 15.8. The van der Waals surface area contributed by atoms with E-state index in [0.29, 0.717) is 5.75 Å². The number of hydrogen-bond acceptors (Lipinski definition) is 3. The Kier molecular flexibility index (Phi) is 4.49. The number of carbonyl (C=O) groups excluding carboxylic acids is 1. The largest absolute Gasteiger partial charge is 0.293 e. The summed E-state index contributed by atoms with van der Waals surface area (Å²) in [5, 5.41) is 2.07. The molecule has 0 fully saturated rings. The minimum atomic E-state index is 0.144. The third kappa shape index (κ3) is 3.45. The second-order valence-electron chi connectivity index (χ2n) is 5.81. The van der Waals surface area contributed by atoms with Crippen LogP contribution in [0.15, 0.2) is 53.6 Å². The van der Waals surface area contributed by atoms with Crippen molar-refractivity contribution in [2.45, 2.75) is 25.8 Å². The molecular formula is C20H19NOS. The zero-order valence-corrected chi connectivity index (χ0v) is 14.4. The lowest BCUT2D eigenvalue weighted by atomic mass is 10.0. The van der Waals surface area contributed by atoms with Crippen LogP contribution in [-0.4, -0.2) is 16.5 Å². The summed E-state index contributed by atoms with van der Waals surface area (Å²) in [6.07, 6.45) is 0. The second kappa shape index (κ2) is 6.55. The van der Waals surface area contributed by atoms with E-state index in [1.54, 1.807) is 0 Å². The van der Waals surface area contributed by atoms with Gasteiger partial charge in [-0.15, -0.1) is 0 Å². The van der Waals surface area contributed by atoms with Crippen LogP contribution in [-0.2, 0) is 0 Å². The number of fused-ring (bicyclic) bond motifs is 1. The Bertz CT molecular complexity index is 886. The van der Waals surface area contributed by atoms with Crippen molar-refractivity contribution < 1.29 is 4.79 Å². The molecule has 0 saturated carbocycles. The molecule has 0 radical (unpaired) electrons. The number of pyridine rings is 1. The average Bonchev–Trinajstić information content (AvgIpc) is 2.55. The van der Waals surface area contributed by atoms with E-state index in [1.807, 2.05) is 43.3 Å². The smallest absolute Gasteiger partial charge is 0.173 e. The first-order valence-electron chi connectivity index (χ1n) is 7.64. The van der Waals surface area contributed by atoms with Crippen molar-refractivity contribution in [3.63, 3.8) is 0 Å². The predicted octanol–water partition coefficient (Wildman–Crippen LogP) is 5.14. The predicted molar refractivity (Wildman–Crippen MR) is 97.5 cm³/mol. The molecule has 0 aliphatic carbocycles. The zero-order chi connectivity index (χ0) is 16.4. The number of ketones is 1. The number of hydrogen-bond donors (Lipinski definition) is 0. The molecule has 0 aliphatic heterocycles. The maximum Gasteiger partial charge on any atom is 0.173 e. The number of benzene rings is 2. The lowest BCUT2D eigenvalue weighted by Gasteiger charge is -2.07. The summed E-state index contributed by atoms with van der Waals surface area (Å²) in [5.41, 5.74) is 5.31. The maximum absolute atomic E-state index is 12.4. The molecule has 0 aliphatic rings. The summed E-state index contributed by atoms with van der Waals surface area (Å²) < 4.78 is 0. The van der Waals surface area contributed by atoms with Gasteiger partial charge >= 0.3 is 0 Å². The standard InChI is InChI=1S/C20H19NOS/c1-13-8-9-16(10-14(13)2)19(22)12-23-20-11-15(3)17-6-4-5-7-18(17)21-20/h4-11H,12H2,1-3H3. The fraction of sp³-hybridized carbons (Fsp3) is 0.200. The summed E-state index contributed by atoms with van der Waals surface area (Å²) in [7, 11) is 0. The quantitative estimate of drug-likeness (QED) is 0.492. The van der Waals surface area contributed by atoms with Gasteiger partial charge in [-0.3, -0.25) is 4.79 Å². The molecule has 116 valence electrons. The monoisotopic (exact) mass is 321 g/mol. The van der Waals surface area contributed by atoms with Crippen molar-refractivity contribution in [1.29, 1.82) is 0 Å². The number of aromatic nitrogens is 1. The van der Waals surface area contributed by atoms with Gasteiger partial charge < -0.3 is 0 Å². The fourth-order valence-electron chi connectivity index (χ4n) is 2.53. The van der Waals surface area contributed by atoms with E-state index in [-0.39, 0.29) is 5.78 Å². The Labute approximate surface area is 140 Å². The van der Waals surface area contributed by atoms with Gasteiger partial charge in [-0.25, -0.2) is 4.98 Å². The third-order valence-corrected chi connectivity index (χ3v) is 4.99. The number of para-hydroxylation sites is 1. The number of nitrogens with zero attached hydrogens (tertiary/aromatic N) is 1. The highest BCUT2D eigenvalue weighted by atomic mass is 32.2. The average molecular weight is 321 g/mol. The molecule has 1 heterocycles. The van der Waals surface area contributed by atoms with Gasteiger partial charge in [0.1, 0.15) is 0 Å². The molecule has 0 saturated heterocycles. The number of rotatable bonds is 4. The highest BCUT2D eigenvalue weighted by Gasteiger charge is 2.09. The first-order chi connectivity index (χ1) is 11.0. The highest BCUT2D eigenvalue weighted by Crippen LogP contribution is 2.24. The van der Waals surface area contributed by atoms with E-state index in [4.69, 9.17) is 0 Å². The van der Waals surface area contributed by atoms with Crippen molar-refractivity contribution in [2.24, 2.45) is 0 Å². The lowest BCUT2D eigenvalue weighted by Crippen LogP contribution is -2.03. The summed E-state index contributed by atoms with van der Waals surface area (Å²) in [6.45, 7) is 6.17. The third-order valence-electron chi connectivity index (χ3n) is 4.08. The van der Waals surface area contributed by atoms with Gasteiger partial charge in [0.05, 0.1) is 16.3 Å². The Balaban J connectivity index is 1.77. The van der Waals surface area contributed by atoms with E-state index in [2.05, 4.69) is 31.0 Å². The molecule has 3 aromatic rings. The number of carbonyl (C=O) groups is 1. The molecule has 3 heteroatoms. The Morgan fingerprint density at radius 3 is 2.52 bits per heavy atom. The van der Waals surface area contributed by atoms with Crippen LogP contribution in [0.25, 0.3) is 10.9 Å². The Hall–Kier alpha value is -2.13. The number of aryl methyl sites for hydroxylation is 3. The van der Waals surface area contributed by atoms with Gasteiger partial charge in [0, 0.05) is 10.9 Å². The molecule has 0 bridgehead atoms. The molecule has 0 atom stereocenters. The summed E-state index contributed by atoms with van der Waals surface area (Å²) in [6, 6.07) is 16.0. The van der Waals surface area contributed by atoms with Gasteiger partial charge in [0.15, 0.2) is 5.78 Å². The van der Waals surface area contributed by atoms with Crippen LogP contribution < -0.4 is 0 Å². The lowest BCUT2D eigenvalue weighted by molar-refractivity contribution is 0.102. The van der Waals surface area contributed by atoms with Crippen LogP contribution in [0.1, 0.15) is 27.0 Å². The molecule has 0 unspecified atom stereocenters. The number of thioether (sulfide) groups is 1.